The Balaban J connectivity index is 2.06. The van der Waals surface area contributed by atoms with Gasteiger partial charge in [-0.2, -0.15) is 0 Å². The molecule has 0 saturated heterocycles. The molecule has 0 fully saturated rings. The molecule has 0 atom stereocenters. The van der Waals surface area contributed by atoms with Gasteiger partial charge in [0, 0.05) is 27.9 Å². The molecular weight excluding hydrogens is 400 g/mol. The number of aryl methyl sites for hydroxylation is 1. The van der Waals surface area contributed by atoms with Crippen molar-refractivity contribution in [2.75, 3.05) is 5.73 Å². The lowest BCUT2D eigenvalue weighted by atomic mass is 10.0. The summed E-state index contributed by atoms with van der Waals surface area (Å²) in [7, 11) is -3.76. The SMILES string of the molecule is Cc1ccc(-c2c(S(=O)(=O)c3ccc(Cl)cc3)sc3nccc(N)c23)cc1. The lowest BCUT2D eigenvalue weighted by Crippen LogP contribution is -2.01. The van der Waals surface area contributed by atoms with Crippen LogP contribution >= 0.6 is 22.9 Å². The molecule has 136 valence electrons. The molecule has 0 spiro atoms. The molecule has 0 bridgehead atoms. The van der Waals surface area contributed by atoms with Crippen molar-refractivity contribution >= 4 is 48.7 Å². The van der Waals surface area contributed by atoms with E-state index in [4.69, 9.17) is 17.3 Å². The van der Waals surface area contributed by atoms with Crippen LogP contribution in [0.3, 0.4) is 0 Å². The summed E-state index contributed by atoms with van der Waals surface area (Å²) >= 11 is 7.05. The van der Waals surface area contributed by atoms with Crippen molar-refractivity contribution in [3.8, 4) is 11.1 Å². The second kappa shape index (κ2) is 6.64. The standard InChI is InChI=1S/C20H15ClN2O2S2/c1-12-2-4-13(5-3-12)17-18-16(22)10-11-23-19(18)26-20(17)27(24,25)15-8-6-14(21)7-9-15/h2-11H,1H3,(H2,22,23). The minimum Gasteiger partial charge on any atom is -0.398 e. The molecule has 0 unspecified atom stereocenters. The van der Waals surface area contributed by atoms with Gasteiger partial charge in [-0.25, -0.2) is 13.4 Å². The number of nitrogens with zero attached hydrogens (tertiary/aromatic N) is 1. The number of hydrogen-bond donors (Lipinski definition) is 1. The van der Waals surface area contributed by atoms with Crippen LogP contribution in [0.4, 0.5) is 5.69 Å². The van der Waals surface area contributed by atoms with Gasteiger partial charge < -0.3 is 5.73 Å². The maximum atomic E-state index is 13.4. The Bertz CT molecular complexity index is 1250. The summed E-state index contributed by atoms with van der Waals surface area (Å²) in [6.07, 6.45) is 1.59. The number of nitrogen functional groups attached to an aromatic ring is 1. The fourth-order valence-corrected chi connectivity index (χ4v) is 6.14. The first-order chi connectivity index (χ1) is 12.9. The topological polar surface area (TPSA) is 73.0 Å². The number of anilines is 1. The number of thiophene rings is 1. The fourth-order valence-electron chi connectivity index (χ4n) is 2.92. The second-order valence-electron chi connectivity index (χ2n) is 6.17. The zero-order valence-electron chi connectivity index (χ0n) is 14.3. The second-order valence-corrected chi connectivity index (χ2v) is 9.75. The van der Waals surface area contributed by atoms with Crippen molar-refractivity contribution in [3.05, 3.63) is 71.4 Å². The third-order valence-corrected chi connectivity index (χ3v) is 7.94. The van der Waals surface area contributed by atoms with Crippen molar-refractivity contribution in [2.45, 2.75) is 16.0 Å². The molecule has 0 aliphatic carbocycles. The van der Waals surface area contributed by atoms with E-state index in [1.54, 1.807) is 24.4 Å². The van der Waals surface area contributed by atoms with Crippen molar-refractivity contribution in [1.82, 2.24) is 4.98 Å². The number of sulfone groups is 1. The Morgan fingerprint density at radius 2 is 1.67 bits per heavy atom. The summed E-state index contributed by atoms with van der Waals surface area (Å²) in [4.78, 5) is 5.12. The van der Waals surface area contributed by atoms with Crippen LogP contribution in [0.1, 0.15) is 5.56 Å². The summed E-state index contributed by atoms with van der Waals surface area (Å²) in [5, 5.41) is 1.15. The summed E-state index contributed by atoms with van der Waals surface area (Å²) in [6, 6.07) is 15.6. The van der Waals surface area contributed by atoms with E-state index in [-0.39, 0.29) is 9.10 Å². The zero-order chi connectivity index (χ0) is 19.2. The van der Waals surface area contributed by atoms with Crippen LogP contribution in [0, 0.1) is 6.92 Å². The number of halogens is 1. The van der Waals surface area contributed by atoms with Gasteiger partial charge in [0.05, 0.1) is 4.90 Å². The van der Waals surface area contributed by atoms with E-state index >= 15 is 0 Å². The highest BCUT2D eigenvalue weighted by molar-refractivity contribution is 7.93. The summed E-state index contributed by atoms with van der Waals surface area (Å²) in [6.45, 7) is 1.98. The van der Waals surface area contributed by atoms with Gasteiger partial charge in [0.15, 0.2) is 0 Å². The highest BCUT2D eigenvalue weighted by Crippen LogP contribution is 2.45. The molecule has 0 amide bonds. The summed E-state index contributed by atoms with van der Waals surface area (Å²) in [5.41, 5.74) is 9.17. The first-order valence-electron chi connectivity index (χ1n) is 8.12. The number of benzene rings is 2. The largest absolute Gasteiger partial charge is 0.398 e. The first kappa shape index (κ1) is 18.0. The number of rotatable bonds is 3. The maximum Gasteiger partial charge on any atom is 0.216 e. The number of nitrogens with two attached hydrogens (primary N) is 1. The smallest absolute Gasteiger partial charge is 0.216 e. The van der Waals surface area contributed by atoms with Gasteiger partial charge in [0.1, 0.15) is 9.04 Å². The number of aromatic nitrogens is 1. The lowest BCUT2D eigenvalue weighted by Gasteiger charge is -2.08. The van der Waals surface area contributed by atoms with E-state index in [0.717, 1.165) is 22.5 Å². The van der Waals surface area contributed by atoms with Crippen molar-refractivity contribution < 1.29 is 8.42 Å². The third kappa shape index (κ3) is 3.10. The summed E-state index contributed by atoms with van der Waals surface area (Å²) in [5.74, 6) is 0. The molecule has 2 N–H and O–H groups in total. The van der Waals surface area contributed by atoms with E-state index in [1.165, 1.54) is 12.1 Å². The van der Waals surface area contributed by atoms with Gasteiger partial charge in [-0.05, 0) is 42.8 Å². The van der Waals surface area contributed by atoms with Crippen LogP contribution in [-0.4, -0.2) is 13.4 Å². The predicted octanol–water partition coefficient (Wildman–Crippen LogP) is 5.34. The molecule has 2 aromatic heterocycles. The Morgan fingerprint density at radius 3 is 2.33 bits per heavy atom. The van der Waals surface area contributed by atoms with Gasteiger partial charge >= 0.3 is 0 Å². The average molecular weight is 415 g/mol. The quantitative estimate of drug-likeness (QED) is 0.491. The number of hydrogen-bond acceptors (Lipinski definition) is 5. The average Bonchev–Trinajstić information content (AvgIpc) is 3.05. The Labute approximate surface area is 166 Å². The monoisotopic (exact) mass is 414 g/mol. The van der Waals surface area contributed by atoms with E-state index in [9.17, 15) is 8.42 Å². The minimum atomic E-state index is -3.76. The molecular formula is C20H15ClN2O2S2. The lowest BCUT2D eigenvalue weighted by molar-refractivity contribution is 0.598. The Morgan fingerprint density at radius 1 is 1.00 bits per heavy atom. The van der Waals surface area contributed by atoms with Crippen molar-refractivity contribution in [2.24, 2.45) is 0 Å². The molecule has 7 heteroatoms. The molecule has 2 aromatic carbocycles. The molecule has 4 nitrogen and oxygen atoms in total. The fraction of sp³-hybridized carbons (Fsp3) is 0.0500. The molecule has 4 rings (SSSR count). The van der Waals surface area contributed by atoms with Gasteiger partial charge in [0.2, 0.25) is 9.84 Å². The minimum absolute atomic E-state index is 0.186. The van der Waals surface area contributed by atoms with Crippen molar-refractivity contribution in [1.29, 1.82) is 0 Å². The van der Waals surface area contributed by atoms with Gasteiger partial charge in [-0.3, -0.25) is 0 Å². The van der Waals surface area contributed by atoms with Crippen molar-refractivity contribution in [3.63, 3.8) is 0 Å². The van der Waals surface area contributed by atoms with Crippen LogP contribution in [0.5, 0.6) is 0 Å². The highest BCUT2D eigenvalue weighted by atomic mass is 35.5. The van der Waals surface area contributed by atoms with E-state index in [0.29, 0.717) is 26.5 Å². The number of pyridine rings is 1. The van der Waals surface area contributed by atoms with Gasteiger partial charge in [0.25, 0.3) is 0 Å². The van der Waals surface area contributed by atoms with Gasteiger partial charge in [-0.1, -0.05) is 41.4 Å². The molecule has 2 heterocycles. The molecule has 27 heavy (non-hydrogen) atoms. The van der Waals surface area contributed by atoms with Crippen LogP contribution in [-0.2, 0) is 9.84 Å². The number of fused-ring (bicyclic) bond motifs is 1. The summed E-state index contributed by atoms with van der Waals surface area (Å²) < 4.78 is 27.0. The molecule has 4 aromatic rings. The van der Waals surface area contributed by atoms with E-state index in [2.05, 4.69) is 4.98 Å². The van der Waals surface area contributed by atoms with Crippen LogP contribution in [0.2, 0.25) is 5.02 Å². The molecule has 0 saturated carbocycles. The van der Waals surface area contributed by atoms with Gasteiger partial charge in [-0.15, -0.1) is 11.3 Å². The highest BCUT2D eigenvalue weighted by Gasteiger charge is 2.28. The third-order valence-electron chi connectivity index (χ3n) is 4.30. The van der Waals surface area contributed by atoms with Crippen LogP contribution in [0.15, 0.2) is 69.9 Å². The Hall–Kier alpha value is -2.41. The zero-order valence-corrected chi connectivity index (χ0v) is 16.7. The Kier molecular flexibility index (Phi) is 4.42. The maximum absolute atomic E-state index is 13.4. The molecule has 0 radical (unpaired) electrons. The van der Waals surface area contributed by atoms with E-state index in [1.807, 2.05) is 31.2 Å². The molecule has 0 aliphatic heterocycles. The van der Waals surface area contributed by atoms with Crippen LogP contribution < -0.4 is 5.73 Å². The molecule has 0 aliphatic rings. The van der Waals surface area contributed by atoms with Crippen LogP contribution in [0.25, 0.3) is 21.3 Å². The predicted molar refractivity (Wildman–Crippen MR) is 111 cm³/mol. The van der Waals surface area contributed by atoms with E-state index < -0.39 is 9.84 Å². The normalized spacial score (nSPS) is 11.8. The first-order valence-corrected chi connectivity index (χ1v) is 10.8.